The molecule has 0 aromatic heterocycles. The van der Waals surface area contributed by atoms with Gasteiger partial charge >= 0.3 is 5.97 Å². The Morgan fingerprint density at radius 2 is 1.95 bits per heavy atom. The lowest BCUT2D eigenvalue weighted by atomic mass is 10.2. The van der Waals surface area contributed by atoms with Crippen LogP contribution in [-0.4, -0.2) is 23.5 Å². The zero-order valence-corrected chi connectivity index (χ0v) is 14.1. The molecule has 0 fully saturated rings. The second-order valence-electron chi connectivity index (χ2n) is 5.33. The molecule has 0 spiro atoms. The fourth-order valence-electron chi connectivity index (χ4n) is 1.40. The van der Waals surface area contributed by atoms with E-state index in [9.17, 15) is 9.59 Å². The molecule has 1 rings (SSSR count). The van der Waals surface area contributed by atoms with E-state index >= 15 is 0 Å². The first-order valence-corrected chi connectivity index (χ1v) is 7.26. The van der Waals surface area contributed by atoms with Crippen LogP contribution in [0.3, 0.4) is 0 Å². The van der Waals surface area contributed by atoms with Crippen LogP contribution >= 0.6 is 27.5 Å². The number of nitrogens with one attached hydrogen (secondary N) is 1. The van der Waals surface area contributed by atoms with Gasteiger partial charge in [-0.2, -0.15) is 0 Å². The van der Waals surface area contributed by atoms with E-state index in [0.29, 0.717) is 15.1 Å². The van der Waals surface area contributed by atoms with E-state index in [-0.39, 0.29) is 0 Å². The maximum absolute atomic E-state index is 12.1. The van der Waals surface area contributed by atoms with Crippen molar-refractivity contribution in [2.75, 3.05) is 0 Å². The molecule has 0 aliphatic heterocycles. The Hall–Kier alpha value is -1.07. The van der Waals surface area contributed by atoms with Gasteiger partial charge in [0.15, 0.2) is 0 Å². The molecule has 0 unspecified atom stereocenters. The van der Waals surface area contributed by atoms with E-state index in [1.54, 1.807) is 45.9 Å². The minimum absolute atomic E-state index is 0.302. The number of esters is 1. The van der Waals surface area contributed by atoms with E-state index in [1.807, 2.05) is 0 Å². The Kier molecular flexibility index (Phi) is 5.59. The van der Waals surface area contributed by atoms with Crippen molar-refractivity contribution < 1.29 is 14.3 Å². The fraction of sp³-hybridized carbons (Fsp3) is 0.429. The maximum Gasteiger partial charge on any atom is 0.328 e. The first-order chi connectivity index (χ1) is 9.11. The number of ether oxygens (including phenoxy) is 1. The van der Waals surface area contributed by atoms with Crippen LogP contribution in [-0.2, 0) is 9.53 Å². The van der Waals surface area contributed by atoms with Gasteiger partial charge < -0.3 is 10.1 Å². The quantitative estimate of drug-likeness (QED) is 0.836. The van der Waals surface area contributed by atoms with E-state index in [2.05, 4.69) is 21.2 Å². The largest absolute Gasteiger partial charge is 0.458 e. The topological polar surface area (TPSA) is 55.4 Å². The molecule has 0 saturated heterocycles. The summed E-state index contributed by atoms with van der Waals surface area (Å²) in [6, 6.07) is 4.26. The zero-order chi connectivity index (χ0) is 15.5. The molecule has 0 bridgehead atoms. The van der Waals surface area contributed by atoms with Gasteiger partial charge in [0.05, 0.1) is 10.6 Å². The summed E-state index contributed by atoms with van der Waals surface area (Å²) in [6.07, 6.45) is 0. The average Bonchev–Trinajstić information content (AvgIpc) is 2.30. The summed E-state index contributed by atoms with van der Waals surface area (Å²) in [5.41, 5.74) is -0.291. The number of rotatable bonds is 3. The minimum Gasteiger partial charge on any atom is -0.458 e. The van der Waals surface area contributed by atoms with Gasteiger partial charge in [-0.05, 0) is 55.8 Å². The number of amides is 1. The molecule has 0 heterocycles. The van der Waals surface area contributed by atoms with Crippen LogP contribution < -0.4 is 5.32 Å². The number of halogens is 2. The van der Waals surface area contributed by atoms with E-state index in [4.69, 9.17) is 16.3 Å². The average molecular weight is 363 g/mol. The van der Waals surface area contributed by atoms with Gasteiger partial charge in [-0.1, -0.05) is 17.7 Å². The molecule has 20 heavy (non-hydrogen) atoms. The van der Waals surface area contributed by atoms with Crippen molar-refractivity contribution in [2.24, 2.45) is 0 Å². The Morgan fingerprint density at radius 3 is 2.50 bits per heavy atom. The van der Waals surface area contributed by atoms with Crippen molar-refractivity contribution in [1.29, 1.82) is 0 Å². The molecule has 110 valence electrons. The SMILES string of the molecule is C[C@@H](NC(=O)c1cccc(Br)c1Cl)C(=O)OC(C)(C)C. The standard InChI is InChI=1S/C14H17BrClNO3/c1-8(13(19)20-14(2,3)4)17-12(18)9-6-5-7-10(15)11(9)16/h5-8H,1-4H3,(H,17,18)/t8-/m1/s1. The Balaban J connectivity index is 2.76. The molecule has 4 nitrogen and oxygen atoms in total. The van der Waals surface area contributed by atoms with Gasteiger partial charge in [0, 0.05) is 4.47 Å². The Labute approximate surface area is 132 Å². The van der Waals surface area contributed by atoms with Gasteiger partial charge in [0.25, 0.3) is 5.91 Å². The summed E-state index contributed by atoms with van der Waals surface area (Å²) >= 11 is 9.28. The van der Waals surface area contributed by atoms with Crippen LogP contribution in [0.2, 0.25) is 5.02 Å². The number of carbonyl (C=O) groups is 2. The van der Waals surface area contributed by atoms with Gasteiger partial charge in [0.1, 0.15) is 11.6 Å². The minimum atomic E-state index is -0.753. The number of benzene rings is 1. The second kappa shape index (κ2) is 6.59. The van der Waals surface area contributed by atoms with E-state index < -0.39 is 23.5 Å². The molecular weight excluding hydrogens is 346 g/mol. The van der Waals surface area contributed by atoms with Crippen molar-refractivity contribution in [1.82, 2.24) is 5.32 Å². The normalized spacial score (nSPS) is 12.7. The maximum atomic E-state index is 12.1. The van der Waals surface area contributed by atoms with Gasteiger partial charge in [-0.15, -0.1) is 0 Å². The number of hydrogen-bond acceptors (Lipinski definition) is 3. The van der Waals surface area contributed by atoms with E-state index in [0.717, 1.165) is 0 Å². The monoisotopic (exact) mass is 361 g/mol. The lowest BCUT2D eigenvalue weighted by molar-refractivity contribution is -0.156. The van der Waals surface area contributed by atoms with Crippen molar-refractivity contribution in [3.05, 3.63) is 33.3 Å². The Morgan fingerprint density at radius 1 is 1.35 bits per heavy atom. The molecule has 1 N–H and O–H groups in total. The molecule has 0 radical (unpaired) electrons. The third kappa shape index (κ3) is 4.80. The summed E-state index contributed by atoms with van der Waals surface area (Å²) in [7, 11) is 0. The summed E-state index contributed by atoms with van der Waals surface area (Å²) in [4.78, 5) is 23.9. The van der Waals surface area contributed by atoms with Gasteiger partial charge in [0.2, 0.25) is 0 Å². The highest BCUT2D eigenvalue weighted by Gasteiger charge is 2.24. The molecule has 1 atom stereocenters. The summed E-state index contributed by atoms with van der Waals surface area (Å²) in [5.74, 6) is -0.911. The fourth-order valence-corrected chi connectivity index (χ4v) is 1.98. The summed E-state index contributed by atoms with van der Waals surface area (Å²) in [5, 5.41) is 2.87. The van der Waals surface area contributed by atoms with E-state index in [1.165, 1.54) is 0 Å². The molecule has 0 aliphatic carbocycles. The van der Waals surface area contributed by atoms with Crippen molar-refractivity contribution >= 4 is 39.4 Å². The third-order valence-corrected chi connectivity index (χ3v) is 3.60. The van der Waals surface area contributed by atoms with Crippen LogP contribution in [0.1, 0.15) is 38.1 Å². The lowest BCUT2D eigenvalue weighted by Gasteiger charge is -2.22. The van der Waals surface area contributed by atoms with Crippen molar-refractivity contribution in [3.63, 3.8) is 0 Å². The molecule has 6 heteroatoms. The van der Waals surface area contributed by atoms with Crippen LogP contribution in [0.25, 0.3) is 0 Å². The van der Waals surface area contributed by atoms with Crippen LogP contribution in [0, 0.1) is 0 Å². The van der Waals surface area contributed by atoms with Crippen molar-refractivity contribution in [2.45, 2.75) is 39.3 Å². The molecule has 1 amide bonds. The summed E-state index contributed by atoms with van der Waals surface area (Å²) in [6.45, 7) is 6.87. The van der Waals surface area contributed by atoms with Gasteiger partial charge in [-0.25, -0.2) is 4.79 Å². The van der Waals surface area contributed by atoms with Crippen LogP contribution in [0.5, 0.6) is 0 Å². The summed E-state index contributed by atoms with van der Waals surface area (Å²) < 4.78 is 5.82. The number of carbonyl (C=O) groups excluding carboxylic acids is 2. The van der Waals surface area contributed by atoms with Crippen LogP contribution in [0.4, 0.5) is 0 Å². The number of hydrogen-bond donors (Lipinski definition) is 1. The highest BCUT2D eigenvalue weighted by Crippen LogP contribution is 2.25. The zero-order valence-electron chi connectivity index (χ0n) is 11.8. The predicted molar refractivity (Wildman–Crippen MR) is 81.9 cm³/mol. The predicted octanol–water partition coefficient (Wildman–Crippen LogP) is 3.56. The van der Waals surface area contributed by atoms with Gasteiger partial charge in [-0.3, -0.25) is 4.79 Å². The van der Waals surface area contributed by atoms with Crippen molar-refractivity contribution in [3.8, 4) is 0 Å². The second-order valence-corrected chi connectivity index (χ2v) is 6.56. The molecule has 1 aromatic carbocycles. The lowest BCUT2D eigenvalue weighted by Crippen LogP contribution is -2.42. The first-order valence-electron chi connectivity index (χ1n) is 6.09. The third-order valence-electron chi connectivity index (χ3n) is 2.30. The Bertz CT molecular complexity index is 526. The molecule has 0 aliphatic rings. The molecule has 1 aromatic rings. The molecule has 0 saturated carbocycles. The first kappa shape index (κ1) is 17.0. The smallest absolute Gasteiger partial charge is 0.328 e. The highest BCUT2D eigenvalue weighted by atomic mass is 79.9. The van der Waals surface area contributed by atoms with Crippen LogP contribution in [0.15, 0.2) is 22.7 Å². The molecular formula is C14H17BrClNO3. The highest BCUT2D eigenvalue weighted by molar-refractivity contribution is 9.10.